The summed E-state index contributed by atoms with van der Waals surface area (Å²) < 4.78 is 1.20. The molecule has 0 spiro atoms. The number of aromatic nitrogens is 2. The van der Waals surface area contributed by atoms with Gasteiger partial charge in [0.15, 0.2) is 0 Å². The van der Waals surface area contributed by atoms with Crippen LogP contribution in [0.15, 0.2) is 29.1 Å². The second kappa shape index (κ2) is 6.13. The fourth-order valence-corrected chi connectivity index (χ4v) is 2.54. The highest BCUT2D eigenvalue weighted by Gasteiger charge is 2.20. The Morgan fingerprint density at radius 1 is 1.23 bits per heavy atom. The third kappa shape index (κ3) is 2.93. The first-order chi connectivity index (χ1) is 10.3. The Bertz CT molecular complexity index is 778. The number of aryl methyl sites for hydroxylation is 3. The van der Waals surface area contributed by atoms with Crippen molar-refractivity contribution in [3.8, 4) is 0 Å². The second-order valence-corrected chi connectivity index (χ2v) is 5.57. The van der Waals surface area contributed by atoms with E-state index in [2.05, 4.69) is 10.4 Å². The smallest absolute Gasteiger partial charge is 0.279 e. The molecule has 1 amide bonds. The summed E-state index contributed by atoms with van der Waals surface area (Å²) >= 11 is 0. The van der Waals surface area contributed by atoms with E-state index in [0.29, 0.717) is 11.3 Å². The molecule has 2 rings (SSSR count). The highest BCUT2D eigenvalue weighted by molar-refractivity contribution is 5.95. The average molecular weight is 299 g/mol. The van der Waals surface area contributed by atoms with E-state index in [4.69, 9.17) is 0 Å². The van der Waals surface area contributed by atoms with Crippen LogP contribution in [0.5, 0.6) is 0 Å². The molecule has 5 heteroatoms. The summed E-state index contributed by atoms with van der Waals surface area (Å²) in [6.07, 6.45) is 0. The number of carbonyl (C=O) groups is 1. The van der Waals surface area contributed by atoms with Crippen molar-refractivity contribution in [1.29, 1.82) is 0 Å². The highest BCUT2D eigenvalue weighted by Crippen LogP contribution is 2.17. The molecule has 22 heavy (non-hydrogen) atoms. The van der Waals surface area contributed by atoms with Crippen molar-refractivity contribution in [2.75, 3.05) is 0 Å². The first-order valence-electron chi connectivity index (χ1n) is 7.23. The molecule has 0 fully saturated rings. The third-order valence-corrected chi connectivity index (χ3v) is 3.96. The lowest BCUT2D eigenvalue weighted by molar-refractivity contribution is 0.0936. The predicted octanol–water partition coefficient (Wildman–Crippen LogP) is 2.20. The van der Waals surface area contributed by atoms with E-state index in [1.54, 1.807) is 20.9 Å². The normalized spacial score (nSPS) is 12.0. The van der Waals surface area contributed by atoms with Crippen LogP contribution < -0.4 is 10.9 Å². The number of carbonyl (C=O) groups excluding carboxylic acids is 1. The zero-order chi connectivity index (χ0) is 16.4. The molecule has 0 aliphatic rings. The van der Waals surface area contributed by atoms with E-state index in [-0.39, 0.29) is 23.1 Å². The fraction of sp³-hybridized carbons (Fsp3) is 0.353. The van der Waals surface area contributed by atoms with Gasteiger partial charge in [0.2, 0.25) is 0 Å². The number of nitrogens with one attached hydrogen (secondary N) is 1. The third-order valence-electron chi connectivity index (χ3n) is 3.96. The van der Waals surface area contributed by atoms with Gasteiger partial charge in [0.05, 0.1) is 11.7 Å². The van der Waals surface area contributed by atoms with E-state index in [1.165, 1.54) is 4.68 Å². The fourth-order valence-electron chi connectivity index (χ4n) is 2.54. The summed E-state index contributed by atoms with van der Waals surface area (Å²) in [5, 5.41) is 7.00. The van der Waals surface area contributed by atoms with Crippen LogP contribution in [0.3, 0.4) is 0 Å². The molecule has 1 N–H and O–H groups in total. The van der Waals surface area contributed by atoms with Gasteiger partial charge in [-0.05, 0) is 44.4 Å². The van der Waals surface area contributed by atoms with Crippen molar-refractivity contribution >= 4 is 5.91 Å². The Hall–Kier alpha value is -2.43. The largest absolute Gasteiger partial charge is 0.345 e. The predicted molar refractivity (Wildman–Crippen MR) is 86.0 cm³/mol. The molecule has 0 aliphatic carbocycles. The van der Waals surface area contributed by atoms with Crippen LogP contribution in [0.4, 0.5) is 0 Å². The van der Waals surface area contributed by atoms with Crippen LogP contribution in [0.2, 0.25) is 0 Å². The minimum atomic E-state index is -0.377. The van der Waals surface area contributed by atoms with Crippen LogP contribution >= 0.6 is 0 Å². The molecule has 1 atom stereocenters. The lowest BCUT2D eigenvalue weighted by atomic mass is 10.0. The summed E-state index contributed by atoms with van der Waals surface area (Å²) in [5.74, 6) is -0.362. The Labute approximate surface area is 130 Å². The van der Waals surface area contributed by atoms with Gasteiger partial charge in [-0.1, -0.05) is 24.3 Å². The molecular weight excluding hydrogens is 278 g/mol. The van der Waals surface area contributed by atoms with E-state index >= 15 is 0 Å². The topological polar surface area (TPSA) is 64.0 Å². The molecule has 2 aromatic rings. The molecule has 0 aliphatic heterocycles. The molecule has 0 unspecified atom stereocenters. The molecule has 1 aromatic heterocycles. The molecular formula is C17H21N3O2. The number of benzene rings is 1. The molecule has 1 aromatic carbocycles. The summed E-state index contributed by atoms with van der Waals surface area (Å²) in [7, 11) is 1.55. The average Bonchev–Trinajstić information content (AvgIpc) is 2.45. The van der Waals surface area contributed by atoms with Crippen molar-refractivity contribution in [1.82, 2.24) is 15.1 Å². The lowest BCUT2D eigenvalue weighted by Crippen LogP contribution is -2.36. The number of hydrogen-bond acceptors (Lipinski definition) is 3. The van der Waals surface area contributed by atoms with Gasteiger partial charge < -0.3 is 5.32 Å². The standard InChI is InChI=1S/C17H21N3O2/c1-10-8-6-7-9-14(10)13(4)18-16(21)15-11(2)12(3)19-20(5)17(15)22/h6-9,13H,1-5H3,(H,18,21)/t13-/m0/s1. The maximum atomic E-state index is 12.5. The Kier molecular flexibility index (Phi) is 4.45. The van der Waals surface area contributed by atoms with Gasteiger partial charge in [0.25, 0.3) is 11.5 Å². The second-order valence-electron chi connectivity index (χ2n) is 5.57. The minimum absolute atomic E-state index is 0.162. The van der Waals surface area contributed by atoms with Crippen molar-refractivity contribution < 1.29 is 4.79 Å². The molecule has 0 bridgehead atoms. The van der Waals surface area contributed by atoms with Crippen LogP contribution in [-0.2, 0) is 7.05 Å². The van der Waals surface area contributed by atoms with Crippen LogP contribution in [0.1, 0.15) is 45.7 Å². The van der Waals surface area contributed by atoms with Gasteiger partial charge in [-0.2, -0.15) is 5.10 Å². The SMILES string of the molecule is Cc1ccccc1[C@H](C)NC(=O)c1c(C)c(C)nn(C)c1=O. The molecule has 5 nitrogen and oxygen atoms in total. The van der Waals surface area contributed by atoms with Gasteiger partial charge in [0, 0.05) is 7.05 Å². The van der Waals surface area contributed by atoms with E-state index < -0.39 is 0 Å². The summed E-state index contributed by atoms with van der Waals surface area (Å²) in [4.78, 5) is 24.7. The Balaban J connectivity index is 2.35. The summed E-state index contributed by atoms with van der Waals surface area (Å²) in [6.45, 7) is 7.44. The lowest BCUT2D eigenvalue weighted by Gasteiger charge is -2.17. The van der Waals surface area contributed by atoms with E-state index in [1.807, 2.05) is 38.1 Å². The highest BCUT2D eigenvalue weighted by atomic mass is 16.2. The maximum absolute atomic E-state index is 12.5. The first-order valence-corrected chi connectivity index (χ1v) is 7.23. The quantitative estimate of drug-likeness (QED) is 0.945. The van der Waals surface area contributed by atoms with Gasteiger partial charge in [-0.3, -0.25) is 9.59 Å². The molecule has 1 heterocycles. The number of nitrogens with zero attached hydrogens (tertiary/aromatic N) is 2. The zero-order valence-corrected chi connectivity index (χ0v) is 13.6. The van der Waals surface area contributed by atoms with Crippen LogP contribution in [0.25, 0.3) is 0 Å². The van der Waals surface area contributed by atoms with Crippen LogP contribution in [-0.4, -0.2) is 15.7 Å². The van der Waals surface area contributed by atoms with Gasteiger partial charge in [-0.15, -0.1) is 0 Å². The molecule has 0 radical (unpaired) electrons. The first kappa shape index (κ1) is 15.9. The zero-order valence-electron chi connectivity index (χ0n) is 13.6. The monoisotopic (exact) mass is 299 g/mol. The Morgan fingerprint density at radius 2 is 1.86 bits per heavy atom. The van der Waals surface area contributed by atoms with E-state index in [0.717, 1.165) is 11.1 Å². The van der Waals surface area contributed by atoms with Crippen LogP contribution in [0, 0.1) is 20.8 Å². The van der Waals surface area contributed by atoms with Crippen molar-refractivity contribution in [3.05, 3.63) is 62.6 Å². The number of rotatable bonds is 3. The van der Waals surface area contributed by atoms with Crippen molar-refractivity contribution in [3.63, 3.8) is 0 Å². The van der Waals surface area contributed by atoms with E-state index in [9.17, 15) is 9.59 Å². The van der Waals surface area contributed by atoms with Crippen molar-refractivity contribution in [2.45, 2.75) is 33.7 Å². The number of amides is 1. The van der Waals surface area contributed by atoms with Crippen molar-refractivity contribution in [2.24, 2.45) is 7.05 Å². The molecule has 0 saturated carbocycles. The number of hydrogen-bond donors (Lipinski definition) is 1. The molecule has 116 valence electrons. The summed E-state index contributed by atoms with van der Waals surface area (Å²) in [5.41, 5.74) is 3.23. The maximum Gasteiger partial charge on any atom is 0.279 e. The minimum Gasteiger partial charge on any atom is -0.345 e. The van der Waals surface area contributed by atoms with Gasteiger partial charge >= 0.3 is 0 Å². The van der Waals surface area contributed by atoms with Gasteiger partial charge in [-0.25, -0.2) is 4.68 Å². The molecule has 0 saturated heterocycles. The Morgan fingerprint density at radius 3 is 2.50 bits per heavy atom. The van der Waals surface area contributed by atoms with Gasteiger partial charge in [0.1, 0.15) is 5.56 Å². The summed E-state index contributed by atoms with van der Waals surface area (Å²) in [6, 6.07) is 7.69.